The highest BCUT2D eigenvalue weighted by molar-refractivity contribution is 5.77. The van der Waals surface area contributed by atoms with E-state index in [0.29, 0.717) is 5.75 Å². The monoisotopic (exact) mass is 288 g/mol. The van der Waals surface area contributed by atoms with Gasteiger partial charge in [-0.1, -0.05) is 11.2 Å². The van der Waals surface area contributed by atoms with Crippen LogP contribution in [0, 0.1) is 0 Å². The van der Waals surface area contributed by atoms with Gasteiger partial charge >= 0.3 is 6.18 Å². The summed E-state index contributed by atoms with van der Waals surface area (Å²) in [5, 5.41) is 3.17. The second-order valence-electron chi connectivity index (χ2n) is 3.84. The van der Waals surface area contributed by atoms with Crippen molar-refractivity contribution < 1.29 is 27.2 Å². The second kappa shape index (κ2) is 4.95. The number of alkyl halides is 3. The van der Waals surface area contributed by atoms with Crippen molar-refractivity contribution in [3.05, 3.63) is 24.0 Å². The van der Waals surface area contributed by atoms with Crippen LogP contribution in [0.2, 0.25) is 0 Å². The summed E-state index contributed by atoms with van der Waals surface area (Å²) in [7, 11) is 2.80. The number of nitrogens with zero attached hydrogens (tertiary/aromatic N) is 1. The summed E-state index contributed by atoms with van der Waals surface area (Å²) in [5.41, 5.74) is 5.31. The number of methoxy groups -OCH3 is 2. The van der Waals surface area contributed by atoms with E-state index >= 15 is 0 Å². The molecule has 5 nitrogen and oxygen atoms in total. The van der Waals surface area contributed by atoms with E-state index in [-0.39, 0.29) is 22.7 Å². The standard InChI is InChI=1S/C12H11F3N2O3/c1-18-7-4-3-6(5-8(7)19-2)9-10(12(13,14)15)20-17-11(9)16/h3-5H,1-2H3,(H2,16,17). The molecule has 2 aromatic rings. The number of rotatable bonds is 3. The van der Waals surface area contributed by atoms with E-state index in [2.05, 4.69) is 9.68 Å². The predicted octanol–water partition coefficient (Wildman–Crippen LogP) is 2.96. The van der Waals surface area contributed by atoms with Crippen LogP contribution in [0.15, 0.2) is 22.7 Å². The molecular weight excluding hydrogens is 277 g/mol. The Labute approximate surface area is 112 Å². The van der Waals surface area contributed by atoms with Gasteiger partial charge < -0.3 is 19.7 Å². The first-order chi connectivity index (χ1) is 9.38. The highest BCUT2D eigenvalue weighted by Crippen LogP contribution is 2.42. The Morgan fingerprint density at radius 1 is 1.15 bits per heavy atom. The van der Waals surface area contributed by atoms with Gasteiger partial charge in [-0.25, -0.2) is 0 Å². The molecular formula is C12H11F3N2O3. The van der Waals surface area contributed by atoms with Crippen molar-refractivity contribution in [3.63, 3.8) is 0 Å². The molecule has 0 bridgehead atoms. The first-order valence-corrected chi connectivity index (χ1v) is 5.43. The normalized spacial score (nSPS) is 11.4. The molecule has 0 aliphatic heterocycles. The van der Waals surface area contributed by atoms with Crippen LogP contribution in [-0.4, -0.2) is 19.4 Å². The smallest absolute Gasteiger partial charge is 0.453 e. The fourth-order valence-electron chi connectivity index (χ4n) is 1.77. The number of hydrogen-bond donors (Lipinski definition) is 1. The van der Waals surface area contributed by atoms with E-state index in [1.807, 2.05) is 0 Å². The fraction of sp³-hybridized carbons (Fsp3) is 0.250. The molecule has 0 aliphatic carbocycles. The van der Waals surface area contributed by atoms with Gasteiger partial charge in [0, 0.05) is 0 Å². The van der Waals surface area contributed by atoms with Crippen molar-refractivity contribution >= 4 is 5.82 Å². The van der Waals surface area contributed by atoms with Gasteiger partial charge in [0.1, 0.15) is 0 Å². The van der Waals surface area contributed by atoms with Gasteiger partial charge in [-0.3, -0.25) is 0 Å². The van der Waals surface area contributed by atoms with Gasteiger partial charge in [-0.15, -0.1) is 0 Å². The molecule has 1 heterocycles. The van der Waals surface area contributed by atoms with Crippen LogP contribution < -0.4 is 15.2 Å². The van der Waals surface area contributed by atoms with E-state index in [9.17, 15) is 13.2 Å². The van der Waals surface area contributed by atoms with Crippen molar-refractivity contribution in [2.75, 3.05) is 20.0 Å². The Morgan fingerprint density at radius 2 is 1.80 bits per heavy atom. The van der Waals surface area contributed by atoms with Crippen LogP contribution in [0.25, 0.3) is 11.1 Å². The van der Waals surface area contributed by atoms with Gasteiger partial charge in [0.25, 0.3) is 0 Å². The Kier molecular flexibility index (Phi) is 3.47. The van der Waals surface area contributed by atoms with Crippen LogP contribution in [0.1, 0.15) is 5.76 Å². The van der Waals surface area contributed by atoms with Gasteiger partial charge in [0.2, 0.25) is 5.76 Å². The lowest BCUT2D eigenvalue weighted by atomic mass is 10.0. The van der Waals surface area contributed by atoms with Crippen LogP contribution in [0.5, 0.6) is 11.5 Å². The SMILES string of the molecule is COc1ccc(-c2c(N)noc2C(F)(F)F)cc1OC. The number of hydrogen-bond acceptors (Lipinski definition) is 5. The Hall–Kier alpha value is -2.38. The molecule has 0 amide bonds. The molecule has 0 atom stereocenters. The summed E-state index contributed by atoms with van der Waals surface area (Å²) in [5.74, 6) is -0.926. The predicted molar refractivity (Wildman–Crippen MR) is 64.5 cm³/mol. The lowest BCUT2D eigenvalue weighted by molar-refractivity contribution is -0.154. The number of anilines is 1. The van der Waals surface area contributed by atoms with E-state index in [1.165, 1.54) is 32.4 Å². The molecule has 0 aliphatic rings. The summed E-state index contributed by atoms with van der Waals surface area (Å²) in [6.07, 6.45) is -4.69. The first-order valence-electron chi connectivity index (χ1n) is 5.43. The topological polar surface area (TPSA) is 70.5 Å². The zero-order valence-electron chi connectivity index (χ0n) is 10.6. The Bertz CT molecular complexity index is 623. The molecule has 0 radical (unpaired) electrons. The molecule has 0 fully saturated rings. The van der Waals surface area contributed by atoms with E-state index in [1.54, 1.807) is 0 Å². The Balaban J connectivity index is 2.60. The highest BCUT2D eigenvalue weighted by Gasteiger charge is 2.40. The number of nitrogen functional groups attached to an aromatic ring is 1. The number of halogens is 3. The van der Waals surface area contributed by atoms with E-state index in [4.69, 9.17) is 15.2 Å². The van der Waals surface area contributed by atoms with E-state index in [0.717, 1.165) is 0 Å². The molecule has 2 N–H and O–H groups in total. The molecule has 2 rings (SSSR count). The van der Waals surface area contributed by atoms with Gasteiger partial charge in [0.05, 0.1) is 19.8 Å². The van der Waals surface area contributed by atoms with Gasteiger partial charge in [0.15, 0.2) is 17.3 Å². The summed E-state index contributed by atoms with van der Waals surface area (Å²) in [6, 6.07) is 4.26. The minimum absolute atomic E-state index is 0.175. The molecule has 8 heteroatoms. The average molecular weight is 288 g/mol. The third-order valence-corrected chi connectivity index (χ3v) is 2.65. The summed E-state index contributed by atoms with van der Waals surface area (Å²) >= 11 is 0. The van der Waals surface area contributed by atoms with Crippen molar-refractivity contribution in [1.82, 2.24) is 5.16 Å². The zero-order valence-corrected chi connectivity index (χ0v) is 10.6. The third-order valence-electron chi connectivity index (χ3n) is 2.65. The van der Waals surface area contributed by atoms with Crippen LogP contribution >= 0.6 is 0 Å². The molecule has 20 heavy (non-hydrogen) atoms. The maximum Gasteiger partial charge on any atom is 0.453 e. The summed E-state index contributed by atoms with van der Waals surface area (Å²) in [6.45, 7) is 0. The summed E-state index contributed by atoms with van der Waals surface area (Å²) in [4.78, 5) is 0. The quantitative estimate of drug-likeness (QED) is 0.940. The number of aromatic nitrogens is 1. The molecule has 1 aromatic carbocycles. The minimum atomic E-state index is -4.69. The summed E-state index contributed by atoms with van der Waals surface area (Å²) < 4.78 is 52.8. The molecule has 0 spiro atoms. The van der Waals surface area contributed by atoms with Crippen molar-refractivity contribution in [1.29, 1.82) is 0 Å². The lowest BCUT2D eigenvalue weighted by Crippen LogP contribution is -2.05. The molecule has 0 saturated carbocycles. The average Bonchev–Trinajstić information content (AvgIpc) is 2.79. The van der Waals surface area contributed by atoms with Crippen molar-refractivity contribution in [2.45, 2.75) is 6.18 Å². The third kappa shape index (κ3) is 2.36. The van der Waals surface area contributed by atoms with Gasteiger partial charge in [-0.2, -0.15) is 13.2 Å². The van der Waals surface area contributed by atoms with Crippen molar-refractivity contribution in [3.8, 4) is 22.6 Å². The van der Waals surface area contributed by atoms with Crippen molar-refractivity contribution in [2.24, 2.45) is 0 Å². The first kappa shape index (κ1) is 14.0. The van der Waals surface area contributed by atoms with Crippen LogP contribution in [0.3, 0.4) is 0 Å². The number of ether oxygens (including phenoxy) is 2. The Morgan fingerprint density at radius 3 is 2.35 bits per heavy atom. The van der Waals surface area contributed by atoms with Crippen LogP contribution in [-0.2, 0) is 6.18 Å². The maximum atomic E-state index is 12.8. The molecule has 0 saturated heterocycles. The molecule has 0 unspecified atom stereocenters. The highest BCUT2D eigenvalue weighted by atomic mass is 19.4. The zero-order chi connectivity index (χ0) is 14.9. The minimum Gasteiger partial charge on any atom is -0.493 e. The van der Waals surface area contributed by atoms with Crippen LogP contribution in [0.4, 0.5) is 19.0 Å². The number of benzene rings is 1. The lowest BCUT2D eigenvalue weighted by Gasteiger charge is -2.10. The molecule has 1 aromatic heterocycles. The fourth-order valence-corrected chi connectivity index (χ4v) is 1.77. The largest absolute Gasteiger partial charge is 0.493 e. The van der Waals surface area contributed by atoms with Gasteiger partial charge in [-0.05, 0) is 17.7 Å². The maximum absolute atomic E-state index is 12.8. The molecule has 108 valence electrons. The second-order valence-corrected chi connectivity index (χ2v) is 3.84. The number of nitrogens with two attached hydrogens (primary N) is 1. The van der Waals surface area contributed by atoms with E-state index < -0.39 is 11.9 Å².